The Kier molecular flexibility index (Phi) is 5.64. The molecule has 0 unspecified atom stereocenters. The number of carbonyl (C=O) groups excluding carboxylic acids is 1. The fraction of sp³-hybridized carbons (Fsp3) is 0.263. The Bertz CT molecular complexity index is 752. The van der Waals surface area contributed by atoms with Crippen molar-refractivity contribution in [1.82, 2.24) is 0 Å². The van der Waals surface area contributed by atoms with E-state index < -0.39 is 12.2 Å². The Morgan fingerprint density at radius 1 is 1.04 bits per heavy atom. The Balaban J connectivity index is 2.08. The van der Waals surface area contributed by atoms with Gasteiger partial charge in [-0.3, -0.25) is 10.6 Å². The maximum Gasteiger partial charge on any atom is 0.411 e. The fourth-order valence-corrected chi connectivity index (χ4v) is 2.37. The Hall–Kier alpha value is -3.02. The molecule has 0 saturated carbocycles. The average Bonchev–Trinajstić information content (AvgIpc) is 2.52. The highest BCUT2D eigenvalue weighted by Crippen LogP contribution is 2.31. The quantitative estimate of drug-likeness (QED) is 0.743. The van der Waals surface area contributed by atoms with E-state index in [-0.39, 0.29) is 12.0 Å². The zero-order chi connectivity index (χ0) is 18.4. The summed E-state index contributed by atoms with van der Waals surface area (Å²) in [6.45, 7) is 6.11. The van der Waals surface area contributed by atoms with Crippen LogP contribution >= 0.6 is 0 Å². The van der Waals surface area contributed by atoms with Gasteiger partial charge in [0.05, 0.1) is 0 Å². The summed E-state index contributed by atoms with van der Waals surface area (Å²) in [5.74, 6) is 0. The molecule has 2 rings (SSSR count). The van der Waals surface area contributed by atoms with Crippen molar-refractivity contribution in [3.8, 4) is 0 Å². The summed E-state index contributed by atoms with van der Waals surface area (Å²) in [4.78, 5) is 22.9. The molecule has 0 spiro atoms. The minimum atomic E-state index is -1.16. The number of carbonyl (C=O) groups is 2. The molecule has 0 aliphatic heterocycles. The monoisotopic (exact) mass is 342 g/mol. The van der Waals surface area contributed by atoms with Crippen molar-refractivity contribution >= 4 is 23.6 Å². The lowest BCUT2D eigenvalue weighted by molar-refractivity contribution is 0.155. The highest BCUT2D eigenvalue weighted by Gasteiger charge is 2.20. The van der Waals surface area contributed by atoms with E-state index in [0.29, 0.717) is 11.4 Å². The highest BCUT2D eigenvalue weighted by atomic mass is 16.5. The number of hydrogen-bond acceptors (Lipinski definition) is 3. The second kappa shape index (κ2) is 7.70. The number of amides is 2. The Morgan fingerprint density at radius 2 is 1.72 bits per heavy atom. The molecule has 3 N–H and O–H groups in total. The molecular formula is C19H22N2O4. The average molecular weight is 342 g/mol. The SMILES string of the molecule is CC(C)(C)c1ccc(NC(=O)OCc2ccccc2)cc1NC(=O)O. The predicted molar refractivity (Wildman–Crippen MR) is 97.0 cm³/mol. The van der Waals surface area contributed by atoms with E-state index in [2.05, 4.69) is 10.6 Å². The van der Waals surface area contributed by atoms with Crippen molar-refractivity contribution < 1.29 is 19.4 Å². The van der Waals surface area contributed by atoms with Crippen molar-refractivity contribution in [2.75, 3.05) is 10.6 Å². The summed E-state index contributed by atoms with van der Waals surface area (Å²) < 4.78 is 5.16. The first kappa shape index (κ1) is 18.3. The van der Waals surface area contributed by atoms with Gasteiger partial charge in [-0.1, -0.05) is 57.2 Å². The van der Waals surface area contributed by atoms with E-state index in [9.17, 15) is 9.59 Å². The van der Waals surface area contributed by atoms with Crippen LogP contribution < -0.4 is 10.6 Å². The van der Waals surface area contributed by atoms with Gasteiger partial charge in [0.2, 0.25) is 0 Å². The van der Waals surface area contributed by atoms with Crippen LogP contribution in [0.15, 0.2) is 48.5 Å². The van der Waals surface area contributed by atoms with Gasteiger partial charge in [-0.15, -0.1) is 0 Å². The molecule has 6 heteroatoms. The molecule has 6 nitrogen and oxygen atoms in total. The van der Waals surface area contributed by atoms with E-state index in [4.69, 9.17) is 9.84 Å². The molecule has 0 aliphatic carbocycles. The summed E-state index contributed by atoms with van der Waals surface area (Å²) in [5.41, 5.74) is 2.35. The maximum absolute atomic E-state index is 11.9. The van der Waals surface area contributed by atoms with Gasteiger partial charge in [0.15, 0.2) is 0 Å². The summed E-state index contributed by atoms with van der Waals surface area (Å²) in [6, 6.07) is 14.4. The number of nitrogens with one attached hydrogen (secondary N) is 2. The van der Waals surface area contributed by atoms with E-state index in [0.717, 1.165) is 11.1 Å². The van der Waals surface area contributed by atoms with Crippen molar-refractivity contribution in [3.63, 3.8) is 0 Å². The van der Waals surface area contributed by atoms with Gasteiger partial charge in [0, 0.05) is 11.4 Å². The number of anilines is 2. The molecule has 0 bridgehead atoms. The molecule has 25 heavy (non-hydrogen) atoms. The van der Waals surface area contributed by atoms with E-state index >= 15 is 0 Å². The van der Waals surface area contributed by atoms with Crippen molar-refractivity contribution in [2.24, 2.45) is 0 Å². The van der Waals surface area contributed by atoms with Crippen LogP contribution in [-0.2, 0) is 16.8 Å². The molecule has 0 fully saturated rings. The van der Waals surface area contributed by atoms with Crippen LogP contribution in [-0.4, -0.2) is 17.3 Å². The van der Waals surface area contributed by atoms with Crippen molar-refractivity contribution in [1.29, 1.82) is 0 Å². The van der Waals surface area contributed by atoms with Crippen LogP contribution in [0.1, 0.15) is 31.9 Å². The highest BCUT2D eigenvalue weighted by molar-refractivity contribution is 5.89. The van der Waals surface area contributed by atoms with Crippen LogP contribution in [0.3, 0.4) is 0 Å². The van der Waals surface area contributed by atoms with Crippen LogP contribution in [0, 0.1) is 0 Å². The number of hydrogen-bond donors (Lipinski definition) is 3. The van der Waals surface area contributed by atoms with Crippen LogP contribution in [0.5, 0.6) is 0 Å². The molecule has 0 aliphatic rings. The number of carboxylic acid groups (broad SMARTS) is 1. The minimum absolute atomic E-state index is 0.160. The smallest absolute Gasteiger partial charge is 0.411 e. The largest absolute Gasteiger partial charge is 0.465 e. The first-order valence-corrected chi connectivity index (χ1v) is 7.88. The summed E-state index contributed by atoms with van der Waals surface area (Å²) >= 11 is 0. The van der Waals surface area contributed by atoms with Gasteiger partial charge in [-0.05, 0) is 28.7 Å². The third-order valence-electron chi connectivity index (χ3n) is 3.53. The number of ether oxygens (including phenoxy) is 1. The lowest BCUT2D eigenvalue weighted by Gasteiger charge is -2.23. The lowest BCUT2D eigenvalue weighted by Crippen LogP contribution is -2.18. The molecule has 0 heterocycles. The topological polar surface area (TPSA) is 87.7 Å². The predicted octanol–water partition coefficient (Wildman–Crippen LogP) is 4.82. The van der Waals surface area contributed by atoms with E-state index in [1.165, 1.54) is 0 Å². The molecule has 2 aromatic carbocycles. The van der Waals surface area contributed by atoms with E-state index in [1.807, 2.05) is 51.1 Å². The summed E-state index contributed by atoms with van der Waals surface area (Å²) in [5, 5.41) is 14.0. The standard InChI is InChI=1S/C19H22N2O4/c1-19(2,3)15-10-9-14(11-16(15)21-17(22)23)20-18(24)25-12-13-7-5-4-6-8-13/h4-11,21H,12H2,1-3H3,(H,20,24)(H,22,23). The molecule has 132 valence electrons. The van der Waals surface area contributed by atoms with Crippen LogP contribution in [0.4, 0.5) is 21.0 Å². The molecular weight excluding hydrogens is 320 g/mol. The normalized spacial score (nSPS) is 10.8. The van der Waals surface area contributed by atoms with E-state index in [1.54, 1.807) is 18.2 Å². The molecule has 0 radical (unpaired) electrons. The van der Waals surface area contributed by atoms with Gasteiger partial charge in [0.1, 0.15) is 6.61 Å². The third kappa shape index (κ3) is 5.53. The zero-order valence-electron chi connectivity index (χ0n) is 14.5. The fourth-order valence-electron chi connectivity index (χ4n) is 2.37. The van der Waals surface area contributed by atoms with Gasteiger partial charge >= 0.3 is 12.2 Å². The van der Waals surface area contributed by atoms with Crippen molar-refractivity contribution in [3.05, 3.63) is 59.7 Å². The number of benzene rings is 2. The first-order valence-electron chi connectivity index (χ1n) is 7.88. The van der Waals surface area contributed by atoms with Gasteiger partial charge in [-0.2, -0.15) is 0 Å². The second-order valence-corrected chi connectivity index (χ2v) is 6.63. The zero-order valence-corrected chi connectivity index (χ0v) is 14.5. The third-order valence-corrected chi connectivity index (χ3v) is 3.53. The molecule has 0 saturated heterocycles. The second-order valence-electron chi connectivity index (χ2n) is 6.63. The van der Waals surface area contributed by atoms with Crippen LogP contribution in [0.25, 0.3) is 0 Å². The van der Waals surface area contributed by atoms with Crippen LogP contribution in [0.2, 0.25) is 0 Å². The summed E-state index contributed by atoms with van der Waals surface area (Å²) in [7, 11) is 0. The first-order chi connectivity index (χ1) is 11.8. The number of rotatable bonds is 4. The Morgan fingerprint density at radius 3 is 2.32 bits per heavy atom. The Labute approximate surface area is 146 Å². The lowest BCUT2D eigenvalue weighted by atomic mass is 9.85. The molecule has 2 amide bonds. The van der Waals surface area contributed by atoms with Gasteiger partial charge < -0.3 is 9.84 Å². The molecule has 0 atom stereocenters. The summed E-state index contributed by atoms with van der Waals surface area (Å²) in [6.07, 6.45) is -1.76. The molecule has 0 aromatic heterocycles. The maximum atomic E-state index is 11.9. The van der Waals surface area contributed by atoms with Gasteiger partial charge in [-0.25, -0.2) is 9.59 Å². The minimum Gasteiger partial charge on any atom is -0.465 e. The molecule has 2 aromatic rings. The van der Waals surface area contributed by atoms with Gasteiger partial charge in [0.25, 0.3) is 0 Å². The van der Waals surface area contributed by atoms with Crippen molar-refractivity contribution in [2.45, 2.75) is 32.8 Å².